The molecule has 1 heterocycles. The maximum absolute atomic E-state index is 14.4. The number of hydrogen-bond donors (Lipinski definition) is 1. The zero-order valence-corrected chi connectivity index (χ0v) is 15.4. The van der Waals surface area contributed by atoms with Gasteiger partial charge in [-0.3, -0.25) is 14.5 Å². The summed E-state index contributed by atoms with van der Waals surface area (Å²) in [7, 11) is 0. The van der Waals surface area contributed by atoms with Gasteiger partial charge in [0.1, 0.15) is 18.4 Å². The molecule has 1 atom stereocenters. The van der Waals surface area contributed by atoms with Crippen LogP contribution in [0.5, 0.6) is 0 Å². The van der Waals surface area contributed by atoms with E-state index in [0.29, 0.717) is 27.4 Å². The molecule has 1 aliphatic rings. The van der Waals surface area contributed by atoms with E-state index in [-0.39, 0.29) is 13.2 Å². The van der Waals surface area contributed by atoms with Crippen LogP contribution in [0.1, 0.15) is 18.1 Å². The molecule has 0 saturated carbocycles. The highest BCUT2D eigenvalue weighted by atomic mass is 35.5. The molecular formula is C20H18ClFN2O3. The highest BCUT2D eigenvalue weighted by molar-refractivity contribution is 6.31. The quantitative estimate of drug-likeness (QED) is 0.817. The lowest BCUT2D eigenvalue weighted by Gasteiger charge is -2.24. The summed E-state index contributed by atoms with van der Waals surface area (Å²) in [4.78, 5) is 26.1. The minimum Gasteiger partial charge on any atom is -0.465 e. The molecule has 5 nitrogen and oxygen atoms in total. The lowest BCUT2D eigenvalue weighted by molar-refractivity contribution is -0.142. The molecule has 0 saturated heterocycles. The standard InChI is InChI=1S/C20H18ClFN2O3/c1-2-27-19(25)11-24-18-8-7-12(21)9-15(18)14(10-17(23)20(24)26)13-5-3-4-6-16(13)22/h3-10,17H,2,11,23H2,1H3. The summed E-state index contributed by atoms with van der Waals surface area (Å²) in [6, 6.07) is 9.98. The van der Waals surface area contributed by atoms with Crippen molar-refractivity contribution in [3.63, 3.8) is 0 Å². The molecular weight excluding hydrogens is 371 g/mol. The van der Waals surface area contributed by atoms with Gasteiger partial charge in [0.25, 0.3) is 0 Å². The maximum atomic E-state index is 14.4. The summed E-state index contributed by atoms with van der Waals surface area (Å²) in [6.45, 7) is 1.58. The van der Waals surface area contributed by atoms with Crippen LogP contribution in [0.25, 0.3) is 5.57 Å². The number of benzene rings is 2. The van der Waals surface area contributed by atoms with Crippen molar-refractivity contribution in [2.75, 3.05) is 18.1 Å². The van der Waals surface area contributed by atoms with E-state index in [1.54, 1.807) is 43.3 Å². The minimum absolute atomic E-state index is 0.194. The van der Waals surface area contributed by atoms with E-state index in [0.717, 1.165) is 0 Å². The molecule has 140 valence electrons. The third-order valence-corrected chi connectivity index (χ3v) is 4.43. The summed E-state index contributed by atoms with van der Waals surface area (Å²) in [5.41, 5.74) is 7.70. The number of carbonyl (C=O) groups excluding carboxylic acids is 2. The van der Waals surface area contributed by atoms with Crippen molar-refractivity contribution >= 4 is 34.7 Å². The number of nitrogens with zero attached hydrogens (tertiary/aromatic N) is 1. The molecule has 0 fully saturated rings. The van der Waals surface area contributed by atoms with E-state index in [9.17, 15) is 14.0 Å². The number of amides is 1. The minimum atomic E-state index is -1.06. The normalized spacial score (nSPS) is 16.4. The van der Waals surface area contributed by atoms with E-state index in [2.05, 4.69) is 0 Å². The molecule has 2 aromatic carbocycles. The van der Waals surface area contributed by atoms with Gasteiger partial charge in [0.05, 0.1) is 12.3 Å². The van der Waals surface area contributed by atoms with Gasteiger partial charge in [0.2, 0.25) is 5.91 Å². The molecule has 0 spiro atoms. The molecule has 0 radical (unpaired) electrons. The molecule has 2 N–H and O–H groups in total. The third kappa shape index (κ3) is 3.86. The maximum Gasteiger partial charge on any atom is 0.326 e. The first-order valence-corrected chi connectivity index (χ1v) is 8.79. The molecule has 7 heteroatoms. The summed E-state index contributed by atoms with van der Waals surface area (Å²) >= 11 is 6.15. The van der Waals surface area contributed by atoms with Crippen LogP contribution in [0.3, 0.4) is 0 Å². The number of esters is 1. The number of ether oxygens (including phenoxy) is 1. The smallest absolute Gasteiger partial charge is 0.326 e. The summed E-state index contributed by atoms with van der Waals surface area (Å²) in [5.74, 6) is -1.50. The van der Waals surface area contributed by atoms with Crippen molar-refractivity contribution in [2.24, 2.45) is 5.73 Å². The van der Waals surface area contributed by atoms with Crippen LogP contribution in [0.15, 0.2) is 48.5 Å². The molecule has 0 aliphatic carbocycles. The van der Waals surface area contributed by atoms with Gasteiger partial charge < -0.3 is 10.5 Å². The Morgan fingerprint density at radius 2 is 2.00 bits per heavy atom. The van der Waals surface area contributed by atoms with Crippen LogP contribution < -0.4 is 10.6 Å². The second-order valence-corrected chi connectivity index (χ2v) is 6.41. The number of carbonyl (C=O) groups is 2. The predicted molar refractivity (Wildman–Crippen MR) is 102 cm³/mol. The lowest BCUT2D eigenvalue weighted by Crippen LogP contribution is -2.45. The number of fused-ring (bicyclic) bond motifs is 1. The van der Waals surface area contributed by atoms with Crippen LogP contribution in [-0.2, 0) is 14.3 Å². The molecule has 2 aromatic rings. The fraction of sp³-hybridized carbons (Fsp3) is 0.200. The molecule has 1 unspecified atom stereocenters. The van der Waals surface area contributed by atoms with Crippen molar-refractivity contribution in [1.82, 2.24) is 0 Å². The van der Waals surface area contributed by atoms with Crippen LogP contribution in [0.2, 0.25) is 5.02 Å². The van der Waals surface area contributed by atoms with Gasteiger partial charge in [-0.2, -0.15) is 0 Å². The summed E-state index contributed by atoms with van der Waals surface area (Å²) < 4.78 is 19.4. The van der Waals surface area contributed by atoms with E-state index >= 15 is 0 Å². The zero-order chi connectivity index (χ0) is 19.6. The van der Waals surface area contributed by atoms with Crippen molar-refractivity contribution in [2.45, 2.75) is 13.0 Å². The molecule has 3 rings (SSSR count). The third-order valence-electron chi connectivity index (χ3n) is 4.19. The summed E-state index contributed by atoms with van der Waals surface area (Å²) in [6.07, 6.45) is 1.49. The Morgan fingerprint density at radius 1 is 1.26 bits per heavy atom. The van der Waals surface area contributed by atoms with Crippen LogP contribution in [0, 0.1) is 5.82 Å². The van der Waals surface area contributed by atoms with Crippen LogP contribution in [0.4, 0.5) is 10.1 Å². The van der Waals surface area contributed by atoms with Gasteiger partial charge in [-0.05, 0) is 42.8 Å². The molecule has 0 aromatic heterocycles. The monoisotopic (exact) mass is 388 g/mol. The van der Waals surface area contributed by atoms with E-state index in [1.807, 2.05) is 0 Å². The highest BCUT2D eigenvalue weighted by Gasteiger charge is 2.31. The molecule has 0 bridgehead atoms. The second kappa shape index (κ2) is 7.90. The first kappa shape index (κ1) is 19.1. The largest absolute Gasteiger partial charge is 0.465 e. The number of anilines is 1. The number of halogens is 2. The van der Waals surface area contributed by atoms with Crippen LogP contribution in [-0.4, -0.2) is 31.1 Å². The average Bonchev–Trinajstić information content (AvgIpc) is 2.73. The Morgan fingerprint density at radius 3 is 2.70 bits per heavy atom. The Labute approximate surface area is 161 Å². The number of hydrogen-bond acceptors (Lipinski definition) is 4. The topological polar surface area (TPSA) is 72.6 Å². The van der Waals surface area contributed by atoms with Crippen molar-refractivity contribution in [3.8, 4) is 0 Å². The number of rotatable bonds is 4. The van der Waals surface area contributed by atoms with Crippen molar-refractivity contribution in [3.05, 3.63) is 70.5 Å². The zero-order valence-electron chi connectivity index (χ0n) is 14.6. The van der Waals surface area contributed by atoms with Gasteiger partial charge in [-0.25, -0.2) is 4.39 Å². The first-order valence-electron chi connectivity index (χ1n) is 8.41. The molecule has 1 aliphatic heterocycles. The Hall–Kier alpha value is -2.70. The van der Waals surface area contributed by atoms with E-state index in [4.69, 9.17) is 22.1 Å². The van der Waals surface area contributed by atoms with Gasteiger partial charge in [0.15, 0.2) is 0 Å². The Kier molecular flexibility index (Phi) is 5.58. The fourth-order valence-corrected chi connectivity index (χ4v) is 3.18. The van der Waals surface area contributed by atoms with Gasteiger partial charge in [-0.15, -0.1) is 0 Å². The lowest BCUT2D eigenvalue weighted by atomic mass is 9.95. The SMILES string of the molecule is CCOC(=O)CN1C(=O)C(N)C=C(c2ccccc2F)c2cc(Cl)ccc21. The van der Waals surface area contributed by atoms with Crippen LogP contribution >= 0.6 is 11.6 Å². The Bertz CT molecular complexity index is 929. The van der Waals surface area contributed by atoms with Crippen molar-refractivity contribution < 1.29 is 18.7 Å². The first-order chi connectivity index (χ1) is 12.9. The summed E-state index contributed by atoms with van der Waals surface area (Å²) in [5, 5.41) is 0.412. The predicted octanol–water partition coefficient (Wildman–Crippen LogP) is 3.15. The second-order valence-electron chi connectivity index (χ2n) is 5.98. The molecule has 27 heavy (non-hydrogen) atoms. The fourth-order valence-electron chi connectivity index (χ4n) is 3.01. The van der Waals surface area contributed by atoms with Gasteiger partial charge in [-0.1, -0.05) is 29.8 Å². The highest BCUT2D eigenvalue weighted by Crippen LogP contribution is 2.37. The van der Waals surface area contributed by atoms with E-state index < -0.39 is 23.7 Å². The number of nitrogens with two attached hydrogens (primary N) is 1. The molecule has 1 amide bonds. The van der Waals surface area contributed by atoms with Gasteiger partial charge in [0, 0.05) is 16.1 Å². The van der Waals surface area contributed by atoms with E-state index in [1.165, 1.54) is 17.0 Å². The Balaban J connectivity index is 2.18. The van der Waals surface area contributed by atoms with Crippen molar-refractivity contribution in [1.29, 1.82) is 0 Å². The van der Waals surface area contributed by atoms with Gasteiger partial charge >= 0.3 is 5.97 Å². The average molecular weight is 389 g/mol.